The first-order valence-corrected chi connectivity index (χ1v) is 10.7. The van der Waals surface area contributed by atoms with Gasteiger partial charge in [0, 0.05) is 13.1 Å². The van der Waals surface area contributed by atoms with Gasteiger partial charge in [-0.15, -0.1) is 10.2 Å². The van der Waals surface area contributed by atoms with E-state index in [0.717, 1.165) is 31.2 Å². The van der Waals surface area contributed by atoms with Crippen molar-refractivity contribution >= 4 is 23.7 Å². The predicted octanol–water partition coefficient (Wildman–Crippen LogP) is 3.13. The Bertz CT molecular complexity index is 864. The molecule has 1 aromatic heterocycles. The topological polar surface area (TPSA) is 98.1 Å². The van der Waals surface area contributed by atoms with Gasteiger partial charge in [-0.25, -0.2) is 4.79 Å². The molecule has 9 heteroatoms. The fraction of sp³-hybridized carbons (Fsp3) is 0.500. The smallest absolute Gasteiger partial charge is 0.321 e. The maximum absolute atomic E-state index is 12.4. The van der Waals surface area contributed by atoms with Gasteiger partial charge >= 0.3 is 6.03 Å². The Labute approximate surface area is 174 Å². The second-order valence-electron chi connectivity index (χ2n) is 7.12. The summed E-state index contributed by atoms with van der Waals surface area (Å²) in [7, 11) is 3.44. The Morgan fingerprint density at radius 2 is 1.93 bits per heavy atom. The molecule has 1 aliphatic rings. The van der Waals surface area contributed by atoms with Crippen LogP contribution in [0.2, 0.25) is 0 Å². The van der Waals surface area contributed by atoms with E-state index in [1.54, 1.807) is 14.0 Å². The Hall–Kier alpha value is -2.55. The van der Waals surface area contributed by atoms with E-state index in [0.29, 0.717) is 16.7 Å². The zero-order valence-electron chi connectivity index (χ0n) is 17.0. The summed E-state index contributed by atoms with van der Waals surface area (Å²) in [6, 6.07) is 7.28. The van der Waals surface area contributed by atoms with Crippen LogP contribution in [0.25, 0.3) is 11.4 Å². The van der Waals surface area contributed by atoms with Crippen LogP contribution >= 0.6 is 11.8 Å². The van der Waals surface area contributed by atoms with Crippen LogP contribution in [0, 0.1) is 0 Å². The number of aromatic nitrogens is 3. The van der Waals surface area contributed by atoms with Gasteiger partial charge in [-0.2, -0.15) is 0 Å². The van der Waals surface area contributed by atoms with Crippen LogP contribution in [0.3, 0.4) is 0 Å². The molecule has 0 unspecified atom stereocenters. The molecule has 3 rings (SSSR count). The van der Waals surface area contributed by atoms with Crippen LogP contribution in [-0.4, -0.2) is 45.1 Å². The van der Waals surface area contributed by atoms with Gasteiger partial charge in [0.1, 0.15) is 5.75 Å². The molecule has 1 fully saturated rings. The molecule has 1 atom stereocenters. The number of methoxy groups -OCH3 is 1. The molecule has 1 saturated carbocycles. The van der Waals surface area contributed by atoms with Gasteiger partial charge < -0.3 is 14.6 Å². The number of amides is 3. The largest absolute Gasteiger partial charge is 0.496 e. The highest BCUT2D eigenvalue weighted by Crippen LogP contribution is 2.31. The van der Waals surface area contributed by atoms with E-state index in [1.807, 2.05) is 35.9 Å². The van der Waals surface area contributed by atoms with Crippen molar-refractivity contribution in [3.8, 4) is 17.1 Å². The van der Waals surface area contributed by atoms with Gasteiger partial charge in [0.2, 0.25) is 5.91 Å². The van der Waals surface area contributed by atoms with Crippen molar-refractivity contribution in [1.82, 2.24) is 25.4 Å². The van der Waals surface area contributed by atoms with Gasteiger partial charge in [-0.1, -0.05) is 43.2 Å². The van der Waals surface area contributed by atoms with Gasteiger partial charge in [0.15, 0.2) is 11.0 Å². The zero-order valence-corrected chi connectivity index (χ0v) is 17.8. The van der Waals surface area contributed by atoms with E-state index >= 15 is 0 Å². The molecule has 0 radical (unpaired) electrons. The van der Waals surface area contributed by atoms with Gasteiger partial charge in [-0.3, -0.25) is 10.1 Å². The summed E-state index contributed by atoms with van der Waals surface area (Å²) in [5, 5.41) is 13.9. The van der Waals surface area contributed by atoms with Crippen LogP contribution in [0.1, 0.15) is 39.0 Å². The molecule has 0 aliphatic heterocycles. The molecule has 0 spiro atoms. The van der Waals surface area contributed by atoms with E-state index in [1.165, 1.54) is 18.2 Å². The molecule has 8 nitrogen and oxygen atoms in total. The lowest BCUT2D eigenvalue weighted by Gasteiger charge is -2.23. The van der Waals surface area contributed by atoms with Crippen LogP contribution in [0.4, 0.5) is 4.79 Å². The quantitative estimate of drug-likeness (QED) is 0.701. The van der Waals surface area contributed by atoms with Crippen molar-refractivity contribution in [3.63, 3.8) is 0 Å². The first-order valence-electron chi connectivity index (χ1n) is 9.80. The lowest BCUT2D eigenvalue weighted by molar-refractivity contribution is -0.119. The van der Waals surface area contributed by atoms with Crippen LogP contribution in [0.15, 0.2) is 29.4 Å². The summed E-state index contributed by atoms with van der Waals surface area (Å²) in [6.07, 6.45) is 5.38. The molecule has 0 bridgehead atoms. The summed E-state index contributed by atoms with van der Waals surface area (Å²) in [5.74, 6) is 0.988. The average molecular weight is 418 g/mol. The van der Waals surface area contributed by atoms with Gasteiger partial charge in [-0.05, 0) is 31.9 Å². The first kappa shape index (κ1) is 21.2. The monoisotopic (exact) mass is 417 g/mol. The molecule has 1 aromatic carbocycles. The molecule has 0 saturated heterocycles. The van der Waals surface area contributed by atoms with Crippen molar-refractivity contribution in [2.45, 2.75) is 55.5 Å². The third-order valence-corrected chi connectivity index (χ3v) is 6.15. The Morgan fingerprint density at radius 1 is 1.21 bits per heavy atom. The molecule has 2 N–H and O–H groups in total. The normalized spacial score (nSPS) is 15.6. The lowest BCUT2D eigenvalue weighted by Crippen LogP contribution is -2.47. The van der Waals surface area contributed by atoms with Gasteiger partial charge in [0.25, 0.3) is 0 Å². The molecule has 1 heterocycles. The Kier molecular flexibility index (Phi) is 7.13. The highest BCUT2D eigenvalue weighted by Gasteiger charge is 2.23. The number of rotatable bonds is 6. The van der Waals surface area contributed by atoms with Crippen molar-refractivity contribution in [2.24, 2.45) is 7.05 Å². The summed E-state index contributed by atoms with van der Waals surface area (Å²) >= 11 is 1.25. The highest BCUT2D eigenvalue weighted by molar-refractivity contribution is 8.00. The zero-order chi connectivity index (χ0) is 20.8. The van der Waals surface area contributed by atoms with Gasteiger partial charge in [0.05, 0.1) is 17.9 Å². The minimum atomic E-state index is -0.500. The molecule has 29 heavy (non-hydrogen) atoms. The number of nitrogens with one attached hydrogen (secondary N) is 2. The third-order valence-electron chi connectivity index (χ3n) is 5.01. The number of imide groups is 1. The average Bonchev–Trinajstić information content (AvgIpc) is 3.08. The lowest BCUT2D eigenvalue weighted by atomic mass is 9.96. The number of carbonyl (C=O) groups is 2. The molecular weight excluding hydrogens is 390 g/mol. The maximum Gasteiger partial charge on any atom is 0.321 e. The van der Waals surface area contributed by atoms with Crippen LogP contribution in [0.5, 0.6) is 5.75 Å². The van der Waals surface area contributed by atoms with Crippen molar-refractivity contribution in [3.05, 3.63) is 24.3 Å². The predicted molar refractivity (Wildman–Crippen MR) is 112 cm³/mol. The van der Waals surface area contributed by atoms with E-state index < -0.39 is 11.3 Å². The number of carbonyl (C=O) groups excluding carboxylic acids is 2. The van der Waals surface area contributed by atoms with Crippen molar-refractivity contribution < 1.29 is 14.3 Å². The first-order chi connectivity index (χ1) is 14.0. The molecular formula is C20H27N5O3S. The fourth-order valence-electron chi connectivity index (χ4n) is 3.38. The molecule has 2 aromatic rings. The molecule has 3 amide bonds. The number of thioether (sulfide) groups is 1. The van der Waals surface area contributed by atoms with Crippen molar-refractivity contribution in [2.75, 3.05) is 7.11 Å². The Balaban J connectivity index is 1.60. The van der Waals surface area contributed by atoms with E-state index in [2.05, 4.69) is 20.8 Å². The third kappa shape index (κ3) is 5.29. The highest BCUT2D eigenvalue weighted by atomic mass is 32.2. The fourth-order valence-corrected chi connectivity index (χ4v) is 4.19. The van der Waals surface area contributed by atoms with Crippen molar-refractivity contribution in [1.29, 1.82) is 0 Å². The molecule has 1 aliphatic carbocycles. The molecule has 156 valence electrons. The number of benzene rings is 1. The Morgan fingerprint density at radius 3 is 2.66 bits per heavy atom. The summed E-state index contributed by atoms with van der Waals surface area (Å²) < 4.78 is 7.21. The summed E-state index contributed by atoms with van der Waals surface area (Å²) in [6.45, 7) is 1.74. The van der Waals surface area contributed by atoms with Crippen LogP contribution < -0.4 is 15.4 Å². The summed E-state index contributed by atoms with van der Waals surface area (Å²) in [4.78, 5) is 24.5. The number of hydrogen-bond donors (Lipinski definition) is 2. The minimum Gasteiger partial charge on any atom is -0.496 e. The second kappa shape index (κ2) is 9.78. The number of urea groups is 1. The van der Waals surface area contributed by atoms with E-state index in [-0.39, 0.29) is 11.9 Å². The van der Waals surface area contributed by atoms with E-state index in [9.17, 15) is 9.59 Å². The SMILES string of the molecule is COc1ccccc1-c1nnc(S[C@@H](C)C(=O)NC(=O)NC2CCCCC2)n1C. The standard InChI is InChI=1S/C20H27N5O3S/c1-13(18(26)22-19(27)21-14-9-5-4-6-10-14)29-20-24-23-17(25(20)2)15-11-7-8-12-16(15)28-3/h7-8,11-14H,4-6,9-10H2,1-3H3,(H2,21,22,26,27)/t13-/m0/s1. The maximum atomic E-state index is 12.4. The minimum absolute atomic E-state index is 0.154. The van der Waals surface area contributed by atoms with E-state index in [4.69, 9.17) is 4.74 Å². The number of ether oxygens (including phenoxy) is 1. The van der Waals surface area contributed by atoms with Crippen LogP contribution in [-0.2, 0) is 11.8 Å². The number of para-hydroxylation sites is 1. The second-order valence-corrected chi connectivity index (χ2v) is 8.43. The number of nitrogens with zero attached hydrogens (tertiary/aromatic N) is 3. The summed E-state index contributed by atoms with van der Waals surface area (Å²) in [5.41, 5.74) is 0.820. The number of hydrogen-bond acceptors (Lipinski definition) is 6.